The van der Waals surface area contributed by atoms with Crippen molar-refractivity contribution < 1.29 is 4.79 Å². The Morgan fingerprint density at radius 2 is 2.15 bits per heavy atom. The molecule has 1 unspecified atom stereocenters. The van der Waals surface area contributed by atoms with Crippen LogP contribution in [0, 0.1) is 13.8 Å². The predicted octanol–water partition coefficient (Wildman–Crippen LogP) is 4.01. The van der Waals surface area contributed by atoms with Gasteiger partial charge in [-0.05, 0) is 56.2 Å². The summed E-state index contributed by atoms with van der Waals surface area (Å²) in [6.07, 6.45) is 5.16. The highest BCUT2D eigenvalue weighted by Crippen LogP contribution is 2.23. The van der Waals surface area contributed by atoms with Crippen molar-refractivity contribution in [1.82, 2.24) is 4.90 Å². The summed E-state index contributed by atoms with van der Waals surface area (Å²) in [5.41, 5.74) is 3.70. The van der Waals surface area contributed by atoms with Gasteiger partial charge in [-0.3, -0.25) is 4.79 Å². The van der Waals surface area contributed by atoms with E-state index in [9.17, 15) is 4.79 Å². The van der Waals surface area contributed by atoms with Gasteiger partial charge >= 0.3 is 0 Å². The van der Waals surface area contributed by atoms with Crippen LogP contribution in [0.5, 0.6) is 0 Å². The van der Waals surface area contributed by atoms with Crippen molar-refractivity contribution in [1.29, 1.82) is 0 Å². The maximum absolute atomic E-state index is 12.5. The molecule has 1 saturated heterocycles. The first-order valence-corrected chi connectivity index (χ1v) is 8.65. The summed E-state index contributed by atoms with van der Waals surface area (Å²) in [7, 11) is 0. The largest absolute Gasteiger partial charge is 0.339 e. The average molecular weight is 338 g/mol. The Kier molecular flexibility index (Phi) is 5.64. The SMILES string of the molecule is Cc1ccc(CC(=O)N2CCCC2CCCBr)cc1C. The molecular formula is C17H24BrNO. The van der Waals surface area contributed by atoms with E-state index in [-0.39, 0.29) is 0 Å². The zero-order valence-corrected chi connectivity index (χ0v) is 14.1. The number of nitrogens with zero attached hydrogens (tertiary/aromatic N) is 1. The Bertz CT molecular complexity index is 472. The lowest BCUT2D eigenvalue weighted by molar-refractivity contribution is -0.131. The summed E-state index contributed by atoms with van der Waals surface area (Å²) in [4.78, 5) is 14.6. The Morgan fingerprint density at radius 1 is 1.35 bits per heavy atom. The van der Waals surface area contributed by atoms with E-state index >= 15 is 0 Å². The van der Waals surface area contributed by atoms with Gasteiger partial charge in [-0.2, -0.15) is 0 Å². The second-order valence-electron chi connectivity index (χ2n) is 5.81. The second kappa shape index (κ2) is 7.26. The normalized spacial score (nSPS) is 18.6. The Balaban J connectivity index is 1.98. The van der Waals surface area contributed by atoms with E-state index in [1.54, 1.807) is 0 Å². The van der Waals surface area contributed by atoms with Crippen LogP contribution in [0.1, 0.15) is 42.4 Å². The molecule has 0 spiro atoms. The third-order valence-electron chi connectivity index (χ3n) is 4.30. The lowest BCUT2D eigenvalue weighted by Crippen LogP contribution is -2.36. The first kappa shape index (κ1) is 15.6. The number of alkyl halides is 1. The first-order valence-electron chi connectivity index (χ1n) is 7.53. The van der Waals surface area contributed by atoms with E-state index in [1.807, 2.05) is 0 Å². The van der Waals surface area contributed by atoms with Gasteiger partial charge in [0.15, 0.2) is 0 Å². The third-order valence-corrected chi connectivity index (χ3v) is 4.86. The van der Waals surface area contributed by atoms with E-state index < -0.39 is 0 Å². The fraction of sp³-hybridized carbons (Fsp3) is 0.588. The molecule has 0 aromatic heterocycles. The fourth-order valence-electron chi connectivity index (χ4n) is 2.97. The number of hydrogen-bond donors (Lipinski definition) is 0. The van der Waals surface area contributed by atoms with E-state index in [1.165, 1.54) is 17.5 Å². The van der Waals surface area contributed by atoms with Crippen LogP contribution in [-0.2, 0) is 11.2 Å². The number of hydrogen-bond acceptors (Lipinski definition) is 1. The molecule has 2 nitrogen and oxygen atoms in total. The molecule has 1 aromatic rings. The maximum atomic E-state index is 12.5. The van der Waals surface area contributed by atoms with E-state index in [0.717, 1.165) is 36.7 Å². The van der Waals surface area contributed by atoms with Crippen molar-refractivity contribution in [2.24, 2.45) is 0 Å². The fourth-order valence-corrected chi connectivity index (χ4v) is 3.29. The number of halogens is 1. The molecule has 0 N–H and O–H groups in total. The van der Waals surface area contributed by atoms with Crippen LogP contribution in [0.15, 0.2) is 18.2 Å². The number of aryl methyl sites for hydroxylation is 2. The van der Waals surface area contributed by atoms with Crippen LogP contribution in [0.25, 0.3) is 0 Å². The zero-order chi connectivity index (χ0) is 14.5. The molecule has 1 aliphatic heterocycles. The van der Waals surface area contributed by atoms with Gasteiger partial charge in [-0.1, -0.05) is 34.1 Å². The van der Waals surface area contributed by atoms with Crippen molar-refractivity contribution in [3.8, 4) is 0 Å². The zero-order valence-electron chi connectivity index (χ0n) is 12.5. The summed E-state index contributed by atoms with van der Waals surface area (Å²) in [6, 6.07) is 6.82. The molecule has 20 heavy (non-hydrogen) atoms. The van der Waals surface area contributed by atoms with Gasteiger partial charge in [0.2, 0.25) is 5.91 Å². The first-order chi connectivity index (χ1) is 9.61. The molecule has 1 aromatic carbocycles. The van der Waals surface area contributed by atoms with E-state index in [4.69, 9.17) is 0 Å². The molecule has 3 heteroatoms. The molecule has 1 fully saturated rings. The molecule has 1 amide bonds. The van der Waals surface area contributed by atoms with Crippen molar-refractivity contribution in [2.45, 2.75) is 52.0 Å². The molecule has 1 aliphatic rings. The minimum atomic E-state index is 0.297. The van der Waals surface area contributed by atoms with Crippen LogP contribution >= 0.6 is 15.9 Å². The topological polar surface area (TPSA) is 20.3 Å². The standard InChI is InChI=1S/C17H24BrNO/c1-13-7-8-15(11-14(13)2)12-17(20)19-10-4-6-16(19)5-3-9-18/h7-8,11,16H,3-6,9-10,12H2,1-2H3. The number of rotatable bonds is 5. The maximum Gasteiger partial charge on any atom is 0.227 e. The lowest BCUT2D eigenvalue weighted by atomic mass is 10.0. The summed E-state index contributed by atoms with van der Waals surface area (Å²) < 4.78 is 0. The molecule has 0 radical (unpaired) electrons. The van der Waals surface area contributed by atoms with Crippen LogP contribution in [0.4, 0.5) is 0 Å². The monoisotopic (exact) mass is 337 g/mol. The Morgan fingerprint density at radius 3 is 2.85 bits per heavy atom. The quantitative estimate of drug-likeness (QED) is 0.743. The smallest absolute Gasteiger partial charge is 0.227 e. The molecule has 1 atom stereocenters. The highest BCUT2D eigenvalue weighted by Gasteiger charge is 2.27. The molecule has 2 rings (SSSR count). The van der Waals surface area contributed by atoms with E-state index in [0.29, 0.717) is 18.4 Å². The molecular weight excluding hydrogens is 314 g/mol. The van der Waals surface area contributed by atoms with Gasteiger partial charge in [-0.25, -0.2) is 0 Å². The lowest BCUT2D eigenvalue weighted by Gasteiger charge is -2.24. The summed E-state index contributed by atoms with van der Waals surface area (Å²) in [6.45, 7) is 5.16. The molecule has 1 heterocycles. The van der Waals surface area contributed by atoms with Gasteiger partial charge < -0.3 is 4.90 Å². The summed E-state index contributed by atoms with van der Waals surface area (Å²) in [5, 5.41) is 1.03. The number of likely N-dealkylation sites (tertiary alicyclic amines) is 1. The van der Waals surface area contributed by atoms with Gasteiger partial charge in [0.1, 0.15) is 0 Å². The third kappa shape index (κ3) is 3.85. The Hall–Kier alpha value is -0.830. The second-order valence-corrected chi connectivity index (χ2v) is 6.60. The van der Waals surface area contributed by atoms with Crippen LogP contribution < -0.4 is 0 Å². The van der Waals surface area contributed by atoms with Gasteiger partial charge in [0, 0.05) is 17.9 Å². The van der Waals surface area contributed by atoms with Crippen LogP contribution in [0.3, 0.4) is 0 Å². The van der Waals surface area contributed by atoms with Gasteiger partial charge in [-0.15, -0.1) is 0 Å². The van der Waals surface area contributed by atoms with Gasteiger partial charge in [0.25, 0.3) is 0 Å². The minimum absolute atomic E-state index is 0.297. The van der Waals surface area contributed by atoms with Crippen molar-refractivity contribution in [3.63, 3.8) is 0 Å². The van der Waals surface area contributed by atoms with Crippen LogP contribution in [0.2, 0.25) is 0 Å². The number of benzene rings is 1. The highest BCUT2D eigenvalue weighted by molar-refractivity contribution is 9.09. The highest BCUT2D eigenvalue weighted by atomic mass is 79.9. The number of carbonyl (C=O) groups is 1. The minimum Gasteiger partial charge on any atom is -0.339 e. The number of carbonyl (C=O) groups excluding carboxylic acids is 1. The molecule has 0 saturated carbocycles. The molecule has 0 bridgehead atoms. The van der Waals surface area contributed by atoms with Crippen LogP contribution in [-0.4, -0.2) is 28.7 Å². The van der Waals surface area contributed by atoms with Crippen molar-refractivity contribution in [3.05, 3.63) is 34.9 Å². The van der Waals surface area contributed by atoms with E-state index in [2.05, 4.69) is 52.9 Å². The summed E-state index contributed by atoms with van der Waals surface area (Å²) in [5.74, 6) is 0.297. The summed E-state index contributed by atoms with van der Waals surface area (Å²) >= 11 is 3.48. The molecule has 110 valence electrons. The predicted molar refractivity (Wildman–Crippen MR) is 87.4 cm³/mol. The number of amides is 1. The average Bonchev–Trinajstić information content (AvgIpc) is 2.89. The van der Waals surface area contributed by atoms with Crippen molar-refractivity contribution in [2.75, 3.05) is 11.9 Å². The van der Waals surface area contributed by atoms with Gasteiger partial charge in [0.05, 0.1) is 6.42 Å². The molecule has 0 aliphatic carbocycles. The van der Waals surface area contributed by atoms with Crippen molar-refractivity contribution >= 4 is 21.8 Å². The Labute approximate surface area is 130 Å².